The van der Waals surface area contributed by atoms with Gasteiger partial charge >= 0.3 is 0 Å². The molecule has 1 N–H and O–H groups in total. The third-order valence-corrected chi connectivity index (χ3v) is 5.51. The smallest absolute Gasteiger partial charge is 0.244 e. The molecule has 0 bridgehead atoms. The summed E-state index contributed by atoms with van der Waals surface area (Å²) in [6.07, 6.45) is 5.62. The molecule has 1 amide bonds. The third-order valence-electron chi connectivity index (χ3n) is 4.09. The minimum Gasteiger partial charge on any atom is -0.352 e. The molecule has 0 spiro atoms. The van der Waals surface area contributed by atoms with Gasteiger partial charge in [-0.2, -0.15) is 0 Å². The summed E-state index contributed by atoms with van der Waals surface area (Å²) >= 11 is 5.98. The van der Waals surface area contributed by atoms with Crippen LogP contribution >= 0.6 is 11.6 Å². The molecular weight excluding hydrogens is 336 g/mol. The van der Waals surface area contributed by atoms with Gasteiger partial charge in [-0.1, -0.05) is 37.4 Å². The van der Waals surface area contributed by atoms with Crippen molar-refractivity contribution >= 4 is 33.2 Å². The predicted octanol–water partition coefficient (Wildman–Crippen LogP) is 2.94. The zero-order chi connectivity index (χ0) is 17.0. The van der Waals surface area contributed by atoms with Crippen LogP contribution in [0.15, 0.2) is 24.3 Å². The number of carbonyl (C=O) groups excluding carboxylic acids is 1. The van der Waals surface area contributed by atoms with Gasteiger partial charge in [-0.25, -0.2) is 8.42 Å². The molecule has 1 saturated carbocycles. The monoisotopic (exact) mass is 358 g/mol. The number of hydrogen-bond donors (Lipinski definition) is 1. The van der Waals surface area contributed by atoms with Gasteiger partial charge in [-0.15, -0.1) is 0 Å². The first-order valence-corrected chi connectivity index (χ1v) is 10.1. The average molecular weight is 359 g/mol. The Morgan fingerprint density at radius 2 is 2.04 bits per heavy atom. The fourth-order valence-electron chi connectivity index (χ4n) is 3.04. The lowest BCUT2D eigenvalue weighted by Gasteiger charge is -2.31. The molecule has 0 saturated heterocycles. The molecule has 23 heavy (non-hydrogen) atoms. The molecule has 1 aliphatic carbocycles. The maximum Gasteiger partial charge on any atom is 0.244 e. The van der Waals surface area contributed by atoms with E-state index >= 15 is 0 Å². The Morgan fingerprint density at radius 3 is 2.57 bits per heavy atom. The Bertz CT molecular complexity index is 657. The van der Waals surface area contributed by atoms with Gasteiger partial charge in [-0.05, 0) is 37.5 Å². The third kappa shape index (κ3) is 4.61. The van der Waals surface area contributed by atoms with E-state index in [1.807, 2.05) is 6.92 Å². The topological polar surface area (TPSA) is 66.5 Å². The van der Waals surface area contributed by atoms with Gasteiger partial charge in [0.2, 0.25) is 15.9 Å². The van der Waals surface area contributed by atoms with E-state index in [2.05, 4.69) is 5.32 Å². The highest BCUT2D eigenvalue weighted by Crippen LogP contribution is 2.26. The Labute approximate surface area is 143 Å². The van der Waals surface area contributed by atoms with Crippen LogP contribution in [0, 0.1) is 0 Å². The number of hydrogen-bond acceptors (Lipinski definition) is 3. The fourth-order valence-corrected chi connectivity index (χ4v) is 4.43. The molecule has 2 rings (SSSR count). The van der Waals surface area contributed by atoms with Crippen molar-refractivity contribution in [2.75, 3.05) is 10.6 Å². The summed E-state index contributed by atoms with van der Waals surface area (Å²) in [6.45, 7) is 1.81. The van der Waals surface area contributed by atoms with E-state index in [9.17, 15) is 13.2 Å². The Balaban J connectivity index is 2.30. The van der Waals surface area contributed by atoms with Crippen molar-refractivity contribution in [2.45, 2.75) is 51.1 Å². The fraction of sp³-hybridized carbons (Fsp3) is 0.562. The minimum absolute atomic E-state index is 0.150. The maximum atomic E-state index is 12.6. The first kappa shape index (κ1) is 18.1. The lowest BCUT2D eigenvalue weighted by Crippen LogP contribution is -2.51. The van der Waals surface area contributed by atoms with Crippen LogP contribution in [-0.2, 0) is 14.8 Å². The second-order valence-corrected chi connectivity index (χ2v) is 8.25. The number of anilines is 1. The van der Waals surface area contributed by atoms with Crippen LogP contribution in [0.1, 0.15) is 39.0 Å². The van der Waals surface area contributed by atoms with Gasteiger partial charge in [-0.3, -0.25) is 9.10 Å². The number of halogens is 1. The Hall–Kier alpha value is -1.27. The Kier molecular flexibility index (Phi) is 5.92. The van der Waals surface area contributed by atoms with Crippen LogP contribution in [0.3, 0.4) is 0 Å². The standard InChI is InChI=1S/C16H23ClN2O3S/c1-3-15(16(20)18-13-8-4-5-9-13)19(23(2,21)22)14-10-6-7-12(17)11-14/h6-7,10-11,13,15H,3-5,8-9H2,1-2H3,(H,18,20)/t15-/m0/s1. The highest BCUT2D eigenvalue weighted by atomic mass is 35.5. The molecule has 1 fully saturated rings. The number of carbonyl (C=O) groups is 1. The lowest BCUT2D eigenvalue weighted by molar-refractivity contribution is -0.122. The van der Waals surface area contributed by atoms with Gasteiger partial charge in [0.05, 0.1) is 11.9 Å². The van der Waals surface area contributed by atoms with Gasteiger partial charge < -0.3 is 5.32 Å². The molecule has 0 heterocycles. The lowest BCUT2D eigenvalue weighted by atomic mass is 10.1. The molecular formula is C16H23ClN2O3S. The normalized spacial score (nSPS) is 17.0. The maximum absolute atomic E-state index is 12.6. The molecule has 1 aromatic carbocycles. The molecule has 5 nitrogen and oxygen atoms in total. The van der Waals surface area contributed by atoms with E-state index < -0.39 is 16.1 Å². The quantitative estimate of drug-likeness (QED) is 0.850. The van der Waals surface area contributed by atoms with Gasteiger partial charge in [0.15, 0.2) is 0 Å². The second kappa shape index (κ2) is 7.53. The molecule has 1 atom stereocenters. The molecule has 128 valence electrons. The molecule has 0 unspecified atom stereocenters. The summed E-state index contributed by atoms with van der Waals surface area (Å²) in [4.78, 5) is 12.6. The van der Waals surface area contributed by atoms with Crippen molar-refractivity contribution in [3.05, 3.63) is 29.3 Å². The van der Waals surface area contributed by atoms with Crippen LogP contribution in [0.25, 0.3) is 0 Å². The SMILES string of the molecule is CC[C@@H](C(=O)NC1CCCC1)N(c1cccc(Cl)c1)S(C)(=O)=O. The summed E-state index contributed by atoms with van der Waals surface area (Å²) in [5.74, 6) is -0.246. The van der Waals surface area contributed by atoms with E-state index in [1.165, 1.54) is 4.31 Å². The second-order valence-electron chi connectivity index (χ2n) is 5.95. The van der Waals surface area contributed by atoms with Gasteiger partial charge in [0.1, 0.15) is 6.04 Å². The minimum atomic E-state index is -3.61. The van der Waals surface area contributed by atoms with Crippen LogP contribution in [0.2, 0.25) is 5.02 Å². The predicted molar refractivity (Wildman–Crippen MR) is 93.3 cm³/mol. The van der Waals surface area contributed by atoms with E-state index in [1.54, 1.807) is 24.3 Å². The van der Waals surface area contributed by atoms with Crippen molar-refractivity contribution in [2.24, 2.45) is 0 Å². The molecule has 0 aliphatic heterocycles. The highest BCUT2D eigenvalue weighted by Gasteiger charge is 2.32. The van der Waals surface area contributed by atoms with E-state index in [-0.39, 0.29) is 11.9 Å². The van der Waals surface area contributed by atoms with Gasteiger partial charge in [0.25, 0.3) is 0 Å². The van der Waals surface area contributed by atoms with Crippen molar-refractivity contribution in [3.63, 3.8) is 0 Å². The molecule has 7 heteroatoms. The average Bonchev–Trinajstić information content (AvgIpc) is 2.95. The molecule has 0 aromatic heterocycles. The van der Waals surface area contributed by atoms with Gasteiger partial charge in [0, 0.05) is 11.1 Å². The van der Waals surface area contributed by atoms with Crippen molar-refractivity contribution in [1.82, 2.24) is 5.32 Å². The van der Waals surface area contributed by atoms with Crippen LogP contribution in [0.4, 0.5) is 5.69 Å². The first-order chi connectivity index (χ1) is 10.8. The summed E-state index contributed by atoms with van der Waals surface area (Å²) in [5.41, 5.74) is 0.411. The number of benzene rings is 1. The van der Waals surface area contributed by atoms with Crippen molar-refractivity contribution in [3.8, 4) is 0 Å². The zero-order valence-corrected chi connectivity index (χ0v) is 15.0. The van der Waals surface area contributed by atoms with Crippen LogP contribution < -0.4 is 9.62 Å². The zero-order valence-electron chi connectivity index (χ0n) is 13.5. The molecule has 1 aromatic rings. The summed E-state index contributed by atoms with van der Waals surface area (Å²) in [6, 6.07) is 5.94. The first-order valence-electron chi connectivity index (χ1n) is 7.88. The van der Waals surface area contributed by atoms with E-state index in [0.29, 0.717) is 17.1 Å². The number of rotatable bonds is 6. The largest absolute Gasteiger partial charge is 0.352 e. The Morgan fingerprint density at radius 1 is 1.39 bits per heavy atom. The number of nitrogens with one attached hydrogen (secondary N) is 1. The number of sulfonamides is 1. The van der Waals surface area contributed by atoms with Crippen LogP contribution in [-0.4, -0.2) is 32.7 Å². The number of amides is 1. The van der Waals surface area contributed by atoms with Crippen molar-refractivity contribution < 1.29 is 13.2 Å². The molecule has 1 aliphatic rings. The molecule has 0 radical (unpaired) electrons. The summed E-state index contributed by atoms with van der Waals surface area (Å²) in [5, 5.41) is 3.42. The van der Waals surface area contributed by atoms with E-state index in [4.69, 9.17) is 11.6 Å². The number of nitrogens with zero attached hydrogens (tertiary/aromatic N) is 1. The van der Waals surface area contributed by atoms with E-state index in [0.717, 1.165) is 31.9 Å². The van der Waals surface area contributed by atoms with Crippen LogP contribution in [0.5, 0.6) is 0 Å². The van der Waals surface area contributed by atoms with Crippen molar-refractivity contribution in [1.29, 1.82) is 0 Å². The highest BCUT2D eigenvalue weighted by molar-refractivity contribution is 7.92. The summed E-state index contributed by atoms with van der Waals surface area (Å²) in [7, 11) is -3.61. The summed E-state index contributed by atoms with van der Waals surface area (Å²) < 4.78 is 25.7.